The first-order valence-electron chi connectivity index (χ1n) is 9.89. The van der Waals surface area contributed by atoms with E-state index in [9.17, 15) is 9.90 Å². The van der Waals surface area contributed by atoms with E-state index < -0.39 is 6.10 Å². The molecule has 0 spiro atoms. The van der Waals surface area contributed by atoms with Crippen molar-refractivity contribution in [3.63, 3.8) is 0 Å². The van der Waals surface area contributed by atoms with Crippen molar-refractivity contribution in [2.75, 3.05) is 13.1 Å². The number of quaternary nitrogens is 1. The molecule has 3 rings (SSSR count). The minimum absolute atomic E-state index is 0.0392. The molecule has 2 fully saturated rings. The van der Waals surface area contributed by atoms with Crippen LogP contribution >= 0.6 is 0 Å². The lowest BCUT2D eigenvalue weighted by molar-refractivity contribution is -0.659. The maximum atomic E-state index is 12.4. The van der Waals surface area contributed by atoms with Gasteiger partial charge in [-0.25, -0.2) is 0 Å². The molecule has 1 saturated carbocycles. The third kappa shape index (κ3) is 2.92. The van der Waals surface area contributed by atoms with E-state index >= 15 is 0 Å². The number of carbonyl (C=O) groups excluding carboxylic acids is 1. The van der Waals surface area contributed by atoms with Gasteiger partial charge >= 0.3 is 5.97 Å². The molecule has 6 atom stereocenters. The standard InChI is InChI=1S/C20H33NO3/c1-4-5-6-10-21-12-15-17-16(24-19(15)23)11-14-9-7-8-13(2)20(14,3)18(17)22/h9,13,15-18,21-22H,4-8,10-12H2,1-3H3/p+1/t13-,15+,16+,17-,18+,20+/m1/s1. The molecular weight excluding hydrogens is 302 g/mol. The Morgan fingerprint density at radius 2 is 2.21 bits per heavy atom. The molecule has 0 bridgehead atoms. The van der Waals surface area contributed by atoms with Gasteiger partial charge in [0.2, 0.25) is 0 Å². The Bertz CT molecular complexity index is 503. The Morgan fingerprint density at radius 3 is 2.96 bits per heavy atom. The second-order valence-corrected chi connectivity index (χ2v) is 8.32. The smallest absolute Gasteiger partial charge is 0.315 e. The van der Waals surface area contributed by atoms with Gasteiger partial charge in [0.25, 0.3) is 0 Å². The fourth-order valence-corrected chi connectivity index (χ4v) is 5.17. The van der Waals surface area contributed by atoms with Crippen LogP contribution in [0.1, 0.15) is 59.3 Å². The molecular formula is C20H34NO3+. The molecule has 1 aliphatic heterocycles. The van der Waals surface area contributed by atoms with Crippen molar-refractivity contribution in [1.29, 1.82) is 0 Å². The number of esters is 1. The lowest BCUT2D eigenvalue weighted by Crippen LogP contribution is -2.86. The summed E-state index contributed by atoms with van der Waals surface area (Å²) < 4.78 is 5.70. The SMILES string of the molecule is CCCCC[NH2+]C[C@@H]1C(=O)O[C@H]2CC3=CCC[C@@H](C)[C@]3(C)[C@@H](O)[C@@H]21. The largest absolute Gasteiger partial charge is 0.461 e. The summed E-state index contributed by atoms with van der Waals surface area (Å²) in [5.41, 5.74) is 1.13. The molecule has 3 aliphatic rings. The Balaban J connectivity index is 1.72. The van der Waals surface area contributed by atoms with Crippen molar-refractivity contribution in [1.82, 2.24) is 0 Å². The normalized spacial score (nSPS) is 41.4. The molecule has 1 heterocycles. The number of fused-ring (bicyclic) bond motifs is 2. The van der Waals surface area contributed by atoms with Crippen LogP contribution in [0.3, 0.4) is 0 Å². The Kier molecular flexibility index (Phi) is 5.36. The average molecular weight is 336 g/mol. The molecule has 0 aromatic heterocycles. The van der Waals surface area contributed by atoms with Gasteiger partial charge in [-0.05, 0) is 31.6 Å². The van der Waals surface area contributed by atoms with E-state index in [0.717, 1.165) is 32.4 Å². The molecule has 24 heavy (non-hydrogen) atoms. The predicted octanol–water partition coefficient (Wildman–Crippen LogP) is 2.02. The Morgan fingerprint density at radius 1 is 1.42 bits per heavy atom. The molecule has 0 aromatic rings. The minimum atomic E-state index is -0.474. The van der Waals surface area contributed by atoms with Crippen molar-refractivity contribution in [2.24, 2.45) is 23.2 Å². The van der Waals surface area contributed by atoms with Crippen LogP contribution in [0, 0.1) is 23.2 Å². The zero-order valence-electron chi connectivity index (χ0n) is 15.5. The molecule has 0 aromatic carbocycles. The monoisotopic (exact) mass is 336 g/mol. The summed E-state index contributed by atoms with van der Waals surface area (Å²) in [6, 6.07) is 0. The fraction of sp³-hybridized carbons (Fsp3) is 0.850. The van der Waals surface area contributed by atoms with Crippen molar-refractivity contribution < 1.29 is 20.0 Å². The van der Waals surface area contributed by atoms with E-state index in [0.29, 0.717) is 5.92 Å². The number of aliphatic hydroxyl groups excluding tert-OH is 1. The number of unbranched alkanes of at least 4 members (excludes halogenated alkanes) is 2. The maximum Gasteiger partial charge on any atom is 0.315 e. The summed E-state index contributed by atoms with van der Waals surface area (Å²) in [6.07, 6.45) is 8.37. The van der Waals surface area contributed by atoms with Gasteiger partial charge in [-0.3, -0.25) is 4.79 Å². The highest BCUT2D eigenvalue weighted by Crippen LogP contribution is 2.55. The van der Waals surface area contributed by atoms with E-state index in [1.54, 1.807) is 0 Å². The van der Waals surface area contributed by atoms with E-state index in [2.05, 4.69) is 32.2 Å². The number of carbonyl (C=O) groups is 1. The summed E-state index contributed by atoms with van der Waals surface area (Å²) in [7, 11) is 0. The number of nitrogens with two attached hydrogens (primary N) is 1. The maximum absolute atomic E-state index is 12.4. The first-order valence-corrected chi connectivity index (χ1v) is 9.89. The van der Waals surface area contributed by atoms with Gasteiger partial charge in [0.05, 0.1) is 19.2 Å². The van der Waals surface area contributed by atoms with Crippen LogP contribution < -0.4 is 5.32 Å². The van der Waals surface area contributed by atoms with Crippen LogP contribution in [0.2, 0.25) is 0 Å². The quantitative estimate of drug-likeness (QED) is 0.443. The molecule has 2 aliphatic carbocycles. The van der Waals surface area contributed by atoms with Crippen LogP contribution in [0.25, 0.3) is 0 Å². The zero-order valence-corrected chi connectivity index (χ0v) is 15.5. The molecule has 136 valence electrons. The molecule has 3 N–H and O–H groups in total. The summed E-state index contributed by atoms with van der Waals surface area (Å²) in [5.74, 6) is 0.173. The van der Waals surface area contributed by atoms with E-state index in [4.69, 9.17) is 4.74 Å². The van der Waals surface area contributed by atoms with Crippen LogP contribution in [-0.2, 0) is 9.53 Å². The van der Waals surface area contributed by atoms with E-state index in [1.807, 2.05) is 0 Å². The van der Waals surface area contributed by atoms with Gasteiger partial charge in [0.1, 0.15) is 12.0 Å². The number of ether oxygens (including phenoxy) is 1. The van der Waals surface area contributed by atoms with Crippen LogP contribution in [0.15, 0.2) is 11.6 Å². The van der Waals surface area contributed by atoms with Gasteiger partial charge in [0, 0.05) is 17.8 Å². The highest BCUT2D eigenvalue weighted by molar-refractivity contribution is 5.76. The Labute approximate surface area is 146 Å². The highest BCUT2D eigenvalue weighted by Gasteiger charge is 2.60. The van der Waals surface area contributed by atoms with Gasteiger partial charge in [-0.1, -0.05) is 38.8 Å². The second-order valence-electron chi connectivity index (χ2n) is 8.32. The first-order chi connectivity index (χ1) is 11.5. The molecule has 4 heteroatoms. The summed E-state index contributed by atoms with van der Waals surface area (Å²) in [5, 5.41) is 13.5. The predicted molar refractivity (Wildman–Crippen MR) is 93.3 cm³/mol. The number of rotatable bonds is 6. The molecule has 0 radical (unpaired) electrons. The summed E-state index contributed by atoms with van der Waals surface area (Å²) in [6.45, 7) is 8.47. The molecule has 4 nitrogen and oxygen atoms in total. The topological polar surface area (TPSA) is 63.1 Å². The molecule has 0 amide bonds. The third-order valence-corrected chi connectivity index (χ3v) is 7.00. The van der Waals surface area contributed by atoms with Gasteiger partial charge in [-0.15, -0.1) is 0 Å². The number of aliphatic hydroxyl groups is 1. The molecule has 0 unspecified atom stereocenters. The molecule has 1 saturated heterocycles. The minimum Gasteiger partial charge on any atom is -0.461 e. The fourth-order valence-electron chi connectivity index (χ4n) is 5.17. The number of allylic oxidation sites excluding steroid dienone is 1. The summed E-state index contributed by atoms with van der Waals surface area (Å²) >= 11 is 0. The van der Waals surface area contributed by atoms with Crippen molar-refractivity contribution in [3.05, 3.63) is 11.6 Å². The second kappa shape index (κ2) is 7.17. The number of hydrogen-bond donors (Lipinski definition) is 2. The average Bonchev–Trinajstić information content (AvgIpc) is 2.86. The lowest BCUT2D eigenvalue weighted by atomic mass is 9.55. The lowest BCUT2D eigenvalue weighted by Gasteiger charge is -2.51. The first kappa shape index (κ1) is 17.9. The van der Waals surface area contributed by atoms with Crippen LogP contribution in [0.4, 0.5) is 0 Å². The van der Waals surface area contributed by atoms with E-state index in [1.165, 1.54) is 24.8 Å². The Hall–Kier alpha value is -0.870. The summed E-state index contributed by atoms with van der Waals surface area (Å²) in [4.78, 5) is 12.4. The highest BCUT2D eigenvalue weighted by atomic mass is 16.6. The van der Waals surface area contributed by atoms with E-state index in [-0.39, 0.29) is 29.3 Å². The van der Waals surface area contributed by atoms with Crippen molar-refractivity contribution in [3.8, 4) is 0 Å². The van der Waals surface area contributed by atoms with Gasteiger partial charge < -0.3 is 15.2 Å². The zero-order chi connectivity index (χ0) is 17.3. The number of hydrogen-bond acceptors (Lipinski definition) is 3. The van der Waals surface area contributed by atoms with Crippen molar-refractivity contribution in [2.45, 2.75) is 71.5 Å². The van der Waals surface area contributed by atoms with Crippen LogP contribution in [-0.4, -0.2) is 36.4 Å². The van der Waals surface area contributed by atoms with Gasteiger partial charge in [0.15, 0.2) is 0 Å². The van der Waals surface area contributed by atoms with Crippen LogP contribution in [0.5, 0.6) is 0 Å². The third-order valence-electron chi connectivity index (χ3n) is 7.00. The van der Waals surface area contributed by atoms with Gasteiger partial charge in [-0.2, -0.15) is 0 Å². The van der Waals surface area contributed by atoms with Crippen molar-refractivity contribution >= 4 is 5.97 Å².